The third-order valence-electron chi connectivity index (χ3n) is 4.44. The van der Waals surface area contributed by atoms with Crippen molar-refractivity contribution < 1.29 is 18.3 Å². The van der Waals surface area contributed by atoms with Crippen LogP contribution in [0, 0.1) is 6.92 Å². The maximum absolute atomic E-state index is 12.6. The molecule has 0 bridgehead atoms. The number of nitrogens with zero attached hydrogens (tertiary/aromatic N) is 2. The SMILES string of the molecule is CN=C(NCCN(CCOC)C1CC1)NCc1cc(C)ccc1OC(F)F. The largest absolute Gasteiger partial charge is 0.434 e. The van der Waals surface area contributed by atoms with Crippen LogP contribution in [0.1, 0.15) is 24.0 Å². The van der Waals surface area contributed by atoms with Gasteiger partial charge in [-0.15, -0.1) is 0 Å². The normalized spacial score (nSPS) is 14.7. The van der Waals surface area contributed by atoms with Crippen LogP contribution in [0.4, 0.5) is 8.78 Å². The van der Waals surface area contributed by atoms with Gasteiger partial charge in [0, 0.05) is 51.9 Å². The second-order valence-corrected chi connectivity index (χ2v) is 6.60. The minimum absolute atomic E-state index is 0.179. The first-order valence-electron chi connectivity index (χ1n) is 9.25. The molecule has 0 atom stereocenters. The summed E-state index contributed by atoms with van der Waals surface area (Å²) in [5.74, 6) is 0.806. The van der Waals surface area contributed by atoms with Crippen LogP contribution in [0.25, 0.3) is 0 Å². The van der Waals surface area contributed by atoms with Crippen molar-refractivity contribution >= 4 is 5.96 Å². The average molecular weight is 384 g/mol. The number of benzene rings is 1. The van der Waals surface area contributed by atoms with Gasteiger partial charge in [-0.1, -0.05) is 17.7 Å². The van der Waals surface area contributed by atoms with E-state index in [1.807, 2.05) is 13.0 Å². The Morgan fingerprint density at radius 3 is 2.70 bits per heavy atom. The molecule has 1 aromatic rings. The fourth-order valence-electron chi connectivity index (χ4n) is 2.90. The Morgan fingerprint density at radius 1 is 1.30 bits per heavy atom. The molecule has 1 aliphatic rings. The molecule has 0 saturated heterocycles. The highest BCUT2D eigenvalue weighted by Crippen LogP contribution is 2.26. The van der Waals surface area contributed by atoms with E-state index in [1.54, 1.807) is 26.3 Å². The van der Waals surface area contributed by atoms with Gasteiger partial charge in [-0.2, -0.15) is 8.78 Å². The Hall–Kier alpha value is -1.93. The van der Waals surface area contributed by atoms with E-state index in [-0.39, 0.29) is 5.75 Å². The molecule has 1 fully saturated rings. The number of rotatable bonds is 11. The van der Waals surface area contributed by atoms with Crippen molar-refractivity contribution in [1.29, 1.82) is 0 Å². The number of halogens is 2. The molecular formula is C19H30F2N4O2. The monoisotopic (exact) mass is 384 g/mol. The van der Waals surface area contributed by atoms with Crippen molar-refractivity contribution in [3.8, 4) is 5.75 Å². The molecule has 0 aromatic heterocycles. The highest BCUT2D eigenvalue weighted by atomic mass is 19.3. The molecule has 0 unspecified atom stereocenters. The zero-order valence-corrected chi connectivity index (χ0v) is 16.3. The Kier molecular flexibility index (Phi) is 8.74. The van der Waals surface area contributed by atoms with Crippen molar-refractivity contribution in [2.75, 3.05) is 40.4 Å². The number of alkyl halides is 2. The van der Waals surface area contributed by atoms with Crippen molar-refractivity contribution in [3.05, 3.63) is 29.3 Å². The number of guanidine groups is 1. The van der Waals surface area contributed by atoms with Gasteiger partial charge in [0.1, 0.15) is 5.75 Å². The van der Waals surface area contributed by atoms with E-state index in [9.17, 15) is 8.78 Å². The average Bonchev–Trinajstić information content (AvgIpc) is 3.47. The zero-order valence-electron chi connectivity index (χ0n) is 16.3. The van der Waals surface area contributed by atoms with Crippen molar-refractivity contribution in [2.45, 2.75) is 39.0 Å². The van der Waals surface area contributed by atoms with Crippen LogP contribution in [0.3, 0.4) is 0 Å². The van der Waals surface area contributed by atoms with Crippen LogP contribution in [0.5, 0.6) is 5.75 Å². The minimum atomic E-state index is -2.84. The van der Waals surface area contributed by atoms with E-state index in [2.05, 4.69) is 25.3 Å². The molecule has 6 nitrogen and oxygen atoms in total. The molecule has 152 valence electrons. The van der Waals surface area contributed by atoms with Gasteiger partial charge < -0.3 is 20.1 Å². The fourth-order valence-corrected chi connectivity index (χ4v) is 2.90. The van der Waals surface area contributed by atoms with E-state index in [0.29, 0.717) is 24.1 Å². The Morgan fingerprint density at radius 2 is 2.07 bits per heavy atom. The van der Waals surface area contributed by atoms with Crippen LogP contribution in [-0.4, -0.2) is 63.9 Å². The predicted molar refractivity (Wildman–Crippen MR) is 102 cm³/mol. The molecule has 1 aromatic carbocycles. The van der Waals surface area contributed by atoms with Crippen LogP contribution in [0.2, 0.25) is 0 Å². The first-order chi connectivity index (χ1) is 13.0. The molecule has 0 spiro atoms. The number of hydrogen-bond acceptors (Lipinski definition) is 4. The van der Waals surface area contributed by atoms with Crippen molar-refractivity contribution in [3.63, 3.8) is 0 Å². The standard InChI is InChI=1S/C19H30F2N4O2/c1-14-4-7-17(27-18(20)21)15(12-14)13-24-19(22-2)23-8-9-25(10-11-26-3)16-5-6-16/h4,7,12,16,18H,5-6,8-11,13H2,1-3H3,(H2,22,23,24). The molecule has 2 rings (SSSR count). The third-order valence-corrected chi connectivity index (χ3v) is 4.44. The summed E-state index contributed by atoms with van der Waals surface area (Å²) in [4.78, 5) is 6.61. The second-order valence-electron chi connectivity index (χ2n) is 6.60. The quantitative estimate of drug-likeness (QED) is 0.453. The Bertz CT molecular complexity index is 609. The highest BCUT2D eigenvalue weighted by molar-refractivity contribution is 5.79. The van der Waals surface area contributed by atoms with Gasteiger partial charge in [-0.05, 0) is 25.8 Å². The predicted octanol–water partition coefficient (Wildman–Crippen LogP) is 2.37. The molecule has 0 heterocycles. The molecule has 0 amide bonds. The molecule has 1 saturated carbocycles. The number of methoxy groups -OCH3 is 1. The lowest BCUT2D eigenvalue weighted by molar-refractivity contribution is -0.0504. The molecule has 27 heavy (non-hydrogen) atoms. The van der Waals surface area contributed by atoms with Crippen molar-refractivity contribution in [2.24, 2.45) is 4.99 Å². The van der Waals surface area contributed by atoms with Crippen LogP contribution >= 0.6 is 0 Å². The summed E-state index contributed by atoms with van der Waals surface area (Å²) in [5, 5.41) is 6.43. The fraction of sp³-hybridized carbons (Fsp3) is 0.632. The topological polar surface area (TPSA) is 58.1 Å². The van der Waals surface area contributed by atoms with E-state index >= 15 is 0 Å². The van der Waals surface area contributed by atoms with E-state index in [1.165, 1.54) is 12.8 Å². The molecule has 8 heteroatoms. The van der Waals surface area contributed by atoms with Gasteiger partial charge in [0.25, 0.3) is 0 Å². The van der Waals surface area contributed by atoms with E-state index < -0.39 is 6.61 Å². The third kappa shape index (κ3) is 7.68. The van der Waals surface area contributed by atoms with E-state index in [4.69, 9.17) is 4.74 Å². The van der Waals surface area contributed by atoms with Crippen molar-refractivity contribution in [1.82, 2.24) is 15.5 Å². The number of nitrogens with one attached hydrogen (secondary N) is 2. The number of ether oxygens (including phenoxy) is 2. The summed E-state index contributed by atoms with van der Waals surface area (Å²) in [7, 11) is 3.40. The number of hydrogen-bond donors (Lipinski definition) is 2. The van der Waals surface area contributed by atoms with Gasteiger partial charge in [0.2, 0.25) is 0 Å². The lowest BCUT2D eigenvalue weighted by Crippen LogP contribution is -2.42. The first-order valence-corrected chi connectivity index (χ1v) is 9.25. The smallest absolute Gasteiger partial charge is 0.387 e. The van der Waals surface area contributed by atoms with Crippen LogP contribution < -0.4 is 15.4 Å². The molecular weight excluding hydrogens is 354 g/mol. The van der Waals surface area contributed by atoms with Crippen LogP contribution in [0.15, 0.2) is 23.2 Å². The number of aliphatic imine (C=N–C) groups is 1. The Labute approximate surface area is 159 Å². The first kappa shape index (κ1) is 21.4. The van der Waals surface area contributed by atoms with Gasteiger partial charge in [0.05, 0.1) is 6.61 Å². The molecule has 2 N–H and O–H groups in total. The summed E-state index contributed by atoms with van der Waals surface area (Å²) < 4.78 is 34.9. The summed E-state index contributed by atoms with van der Waals surface area (Å²) >= 11 is 0. The van der Waals surface area contributed by atoms with Gasteiger partial charge in [-0.3, -0.25) is 9.89 Å². The maximum Gasteiger partial charge on any atom is 0.387 e. The highest BCUT2D eigenvalue weighted by Gasteiger charge is 2.28. The number of aryl methyl sites for hydroxylation is 1. The minimum Gasteiger partial charge on any atom is -0.434 e. The van der Waals surface area contributed by atoms with Crippen LogP contribution in [-0.2, 0) is 11.3 Å². The second kappa shape index (κ2) is 11.0. The summed E-state index contributed by atoms with van der Waals surface area (Å²) in [6, 6.07) is 5.81. The molecule has 1 aliphatic carbocycles. The maximum atomic E-state index is 12.6. The summed E-state index contributed by atoms with van der Waals surface area (Å²) in [5.41, 5.74) is 1.65. The van der Waals surface area contributed by atoms with Gasteiger partial charge in [-0.25, -0.2) is 0 Å². The van der Waals surface area contributed by atoms with Gasteiger partial charge >= 0.3 is 6.61 Å². The lowest BCUT2D eigenvalue weighted by atomic mass is 10.1. The Balaban J connectivity index is 1.82. The van der Waals surface area contributed by atoms with E-state index in [0.717, 1.165) is 31.8 Å². The zero-order chi connectivity index (χ0) is 19.6. The summed E-state index contributed by atoms with van der Waals surface area (Å²) in [6.07, 6.45) is 2.49. The summed E-state index contributed by atoms with van der Waals surface area (Å²) in [6.45, 7) is 2.71. The molecule has 0 radical (unpaired) electrons. The molecule has 0 aliphatic heterocycles. The lowest BCUT2D eigenvalue weighted by Gasteiger charge is -2.22. The van der Waals surface area contributed by atoms with Gasteiger partial charge in [0.15, 0.2) is 5.96 Å².